The first kappa shape index (κ1) is 24.5. The monoisotopic (exact) mass is 426 g/mol. The average Bonchev–Trinajstić information content (AvgIpc) is 3.56. The van der Waals surface area contributed by atoms with Crippen LogP contribution in [0.2, 0.25) is 0 Å². The van der Waals surface area contributed by atoms with Crippen molar-refractivity contribution in [1.29, 1.82) is 0 Å². The highest BCUT2D eigenvalue weighted by atomic mass is 16.3. The van der Waals surface area contributed by atoms with Gasteiger partial charge in [0.1, 0.15) is 0 Å². The number of hydrogen-bond acceptors (Lipinski definition) is 2. The molecule has 0 aromatic carbocycles. The van der Waals surface area contributed by atoms with Crippen molar-refractivity contribution >= 4 is 0 Å². The molecule has 0 radical (unpaired) electrons. The van der Waals surface area contributed by atoms with Crippen molar-refractivity contribution in [3.05, 3.63) is 47.6 Å². The highest BCUT2D eigenvalue weighted by molar-refractivity contribution is 5.37. The Labute approximate surface area is 191 Å². The van der Waals surface area contributed by atoms with Gasteiger partial charge in [-0.1, -0.05) is 64.2 Å². The highest BCUT2D eigenvalue weighted by Gasteiger charge is 2.50. The van der Waals surface area contributed by atoms with Crippen LogP contribution in [-0.2, 0) is 0 Å². The average molecular weight is 427 g/mol. The van der Waals surface area contributed by atoms with E-state index in [0.29, 0.717) is 29.1 Å². The summed E-state index contributed by atoms with van der Waals surface area (Å²) in [6, 6.07) is 0. The molecule has 6 unspecified atom stereocenters. The maximum absolute atomic E-state index is 10.2. The van der Waals surface area contributed by atoms with E-state index in [1.165, 1.54) is 50.5 Å². The summed E-state index contributed by atoms with van der Waals surface area (Å²) in [5, 5.41) is 20.3. The molecule has 0 spiro atoms. The van der Waals surface area contributed by atoms with Crippen molar-refractivity contribution in [2.24, 2.45) is 29.1 Å². The molecule has 4 fully saturated rings. The van der Waals surface area contributed by atoms with E-state index in [1.807, 2.05) is 13.8 Å². The summed E-state index contributed by atoms with van der Waals surface area (Å²) < 4.78 is 0. The first-order valence-corrected chi connectivity index (χ1v) is 13.0. The molecule has 0 bridgehead atoms. The summed E-state index contributed by atoms with van der Waals surface area (Å²) in [6.45, 7) is 13.0. The molecular formula is C29H46O2. The van der Waals surface area contributed by atoms with E-state index in [4.69, 9.17) is 0 Å². The summed E-state index contributed by atoms with van der Waals surface area (Å²) >= 11 is 0. The predicted octanol–water partition coefficient (Wildman–Crippen LogP) is 7.15. The maximum atomic E-state index is 10.2. The molecule has 0 saturated heterocycles. The SMILES string of the molecule is C=C1/C(=C\C=C2/CCCC3(C)C2CCC3C(C)/C=C/C(O)C2CC2)CCCC1O.CC. The van der Waals surface area contributed by atoms with E-state index < -0.39 is 0 Å². The van der Waals surface area contributed by atoms with Gasteiger partial charge in [0.05, 0.1) is 12.2 Å². The van der Waals surface area contributed by atoms with Crippen molar-refractivity contribution in [3.63, 3.8) is 0 Å². The van der Waals surface area contributed by atoms with Crippen molar-refractivity contribution in [2.75, 3.05) is 0 Å². The van der Waals surface area contributed by atoms with Gasteiger partial charge in [-0.05, 0) is 104 Å². The molecule has 4 saturated carbocycles. The Balaban J connectivity index is 0.00000132. The summed E-state index contributed by atoms with van der Waals surface area (Å²) in [6.07, 6.45) is 20.3. The van der Waals surface area contributed by atoms with Gasteiger partial charge in [0.2, 0.25) is 0 Å². The second kappa shape index (κ2) is 10.7. The van der Waals surface area contributed by atoms with Gasteiger partial charge in [0.15, 0.2) is 0 Å². The van der Waals surface area contributed by atoms with Gasteiger partial charge in [-0.15, -0.1) is 0 Å². The number of hydrogen-bond donors (Lipinski definition) is 2. The van der Waals surface area contributed by atoms with Crippen LogP contribution in [0.3, 0.4) is 0 Å². The summed E-state index contributed by atoms with van der Waals surface area (Å²) in [5.41, 5.74) is 4.18. The highest BCUT2D eigenvalue weighted by Crippen LogP contribution is 2.59. The van der Waals surface area contributed by atoms with Crippen LogP contribution >= 0.6 is 0 Å². The van der Waals surface area contributed by atoms with Gasteiger partial charge in [0.25, 0.3) is 0 Å². The lowest BCUT2D eigenvalue weighted by atomic mass is 9.61. The van der Waals surface area contributed by atoms with E-state index in [-0.39, 0.29) is 12.2 Å². The van der Waals surface area contributed by atoms with Crippen LogP contribution in [0.4, 0.5) is 0 Å². The summed E-state index contributed by atoms with van der Waals surface area (Å²) in [7, 11) is 0. The Kier molecular flexibility index (Phi) is 8.44. The molecule has 0 aromatic heterocycles. The van der Waals surface area contributed by atoms with Crippen LogP contribution in [-0.4, -0.2) is 22.4 Å². The second-order valence-corrected chi connectivity index (χ2v) is 10.5. The molecule has 4 aliphatic rings. The normalized spacial score (nSPS) is 38.1. The van der Waals surface area contributed by atoms with E-state index in [9.17, 15) is 10.2 Å². The minimum absolute atomic E-state index is 0.227. The molecule has 2 heteroatoms. The molecule has 0 amide bonds. The zero-order valence-electron chi connectivity index (χ0n) is 20.4. The largest absolute Gasteiger partial charge is 0.389 e. The molecule has 6 atom stereocenters. The van der Waals surface area contributed by atoms with Gasteiger partial charge in [-0.25, -0.2) is 0 Å². The Hall–Kier alpha value is -1.12. The van der Waals surface area contributed by atoms with Crippen LogP contribution in [0.5, 0.6) is 0 Å². The lowest BCUT2D eigenvalue weighted by Gasteiger charge is -2.44. The van der Waals surface area contributed by atoms with Gasteiger partial charge in [-0.3, -0.25) is 0 Å². The fourth-order valence-electron chi connectivity index (χ4n) is 6.59. The topological polar surface area (TPSA) is 40.5 Å². The molecule has 2 nitrogen and oxygen atoms in total. The maximum Gasteiger partial charge on any atom is 0.0787 e. The molecule has 0 aromatic rings. The first-order valence-electron chi connectivity index (χ1n) is 13.0. The fraction of sp³-hybridized carbons (Fsp3) is 0.724. The van der Waals surface area contributed by atoms with Crippen LogP contribution < -0.4 is 0 Å². The van der Waals surface area contributed by atoms with Crippen molar-refractivity contribution in [3.8, 4) is 0 Å². The van der Waals surface area contributed by atoms with Crippen molar-refractivity contribution in [1.82, 2.24) is 0 Å². The second-order valence-electron chi connectivity index (χ2n) is 10.5. The van der Waals surface area contributed by atoms with Crippen LogP contribution in [0.25, 0.3) is 0 Å². The number of aliphatic hydroxyl groups is 2. The molecule has 0 aliphatic heterocycles. The molecular weight excluding hydrogens is 380 g/mol. The lowest BCUT2D eigenvalue weighted by molar-refractivity contribution is 0.111. The van der Waals surface area contributed by atoms with Crippen molar-refractivity contribution < 1.29 is 10.2 Å². The predicted molar refractivity (Wildman–Crippen MR) is 132 cm³/mol. The smallest absolute Gasteiger partial charge is 0.0787 e. The van der Waals surface area contributed by atoms with Gasteiger partial charge in [0, 0.05) is 0 Å². The standard InChI is InChI=1S/C27H40O2.C2H6/c1-18(9-16-26(29)22-12-13-22)23-14-15-24-21(7-5-17-27(23,24)3)11-10-20-6-4-8-25(28)19(20)2;1-2/h9-11,16,18,22-26,28-29H,2,4-8,12-15,17H2,1,3H3;1-2H3/b16-9+,20-10-,21-11+;. The quantitative estimate of drug-likeness (QED) is 0.458. The van der Waals surface area contributed by atoms with Crippen molar-refractivity contribution in [2.45, 2.75) is 104 Å². The van der Waals surface area contributed by atoms with E-state index >= 15 is 0 Å². The number of fused-ring (bicyclic) bond motifs is 1. The zero-order chi connectivity index (χ0) is 22.6. The van der Waals surface area contributed by atoms with Gasteiger partial charge < -0.3 is 10.2 Å². The summed E-state index contributed by atoms with van der Waals surface area (Å²) in [4.78, 5) is 0. The molecule has 2 N–H and O–H groups in total. The van der Waals surface area contributed by atoms with Crippen LogP contribution in [0.1, 0.15) is 91.9 Å². The van der Waals surface area contributed by atoms with E-state index in [1.54, 1.807) is 5.57 Å². The third-order valence-corrected chi connectivity index (χ3v) is 8.63. The number of allylic oxidation sites excluding steroid dienone is 4. The third kappa shape index (κ3) is 5.45. The van der Waals surface area contributed by atoms with Crippen LogP contribution in [0, 0.1) is 29.1 Å². The minimum atomic E-state index is -0.348. The Morgan fingerprint density at radius 1 is 1.00 bits per heavy atom. The molecule has 4 aliphatic carbocycles. The van der Waals surface area contributed by atoms with E-state index in [2.05, 4.69) is 44.7 Å². The molecule has 31 heavy (non-hydrogen) atoms. The van der Waals surface area contributed by atoms with Gasteiger partial charge >= 0.3 is 0 Å². The van der Waals surface area contributed by atoms with Gasteiger partial charge in [-0.2, -0.15) is 0 Å². The Morgan fingerprint density at radius 2 is 1.74 bits per heavy atom. The molecule has 174 valence electrons. The Bertz CT molecular complexity index is 710. The number of aliphatic hydroxyl groups excluding tert-OH is 2. The fourth-order valence-corrected chi connectivity index (χ4v) is 6.59. The molecule has 4 rings (SSSR count). The molecule has 0 heterocycles. The minimum Gasteiger partial charge on any atom is -0.389 e. The summed E-state index contributed by atoms with van der Waals surface area (Å²) in [5.74, 6) is 2.45. The van der Waals surface area contributed by atoms with Crippen LogP contribution in [0.15, 0.2) is 47.6 Å². The zero-order valence-corrected chi connectivity index (χ0v) is 20.4. The first-order chi connectivity index (χ1) is 14.9. The number of rotatable bonds is 5. The Morgan fingerprint density at radius 3 is 2.45 bits per heavy atom. The lowest BCUT2D eigenvalue weighted by Crippen LogP contribution is -2.35. The van der Waals surface area contributed by atoms with E-state index in [0.717, 1.165) is 24.8 Å². The third-order valence-electron chi connectivity index (χ3n) is 8.63.